The molecule has 0 aromatic heterocycles. The first-order valence-electron chi connectivity index (χ1n) is 28.6. The second kappa shape index (κ2) is 27.0. The molecule has 3 aromatic carbocycles. The lowest BCUT2D eigenvalue weighted by molar-refractivity contribution is -0.777. The molecule has 0 radical (unpaired) electrons. The van der Waals surface area contributed by atoms with Crippen LogP contribution in [-0.2, 0) is 69.1 Å². The van der Waals surface area contributed by atoms with Crippen LogP contribution < -0.4 is 14.9 Å². The zero-order chi connectivity index (χ0) is 61.6. The number of anilines is 1. The van der Waals surface area contributed by atoms with Crippen LogP contribution >= 0.6 is 12.0 Å². The van der Waals surface area contributed by atoms with Crippen molar-refractivity contribution in [1.29, 1.82) is 0 Å². The highest BCUT2D eigenvalue weighted by molar-refractivity contribution is 7.94. The normalized spacial score (nSPS) is 20.6. The third kappa shape index (κ3) is 15.9. The number of ether oxygens (including phenoxy) is 3. The summed E-state index contributed by atoms with van der Waals surface area (Å²) in [5, 5.41) is 15.3. The van der Waals surface area contributed by atoms with E-state index in [4.69, 9.17) is 23.4 Å². The zero-order valence-electron chi connectivity index (χ0n) is 50.1. The van der Waals surface area contributed by atoms with Crippen molar-refractivity contribution in [2.75, 3.05) is 31.2 Å². The maximum absolute atomic E-state index is 12.9. The average molecular weight is 1220 g/mol. The minimum Gasteiger partial charge on any atom is -0.691 e. The Morgan fingerprint density at radius 2 is 1.42 bits per heavy atom. The topological polar surface area (TPSA) is 248 Å². The number of unbranched alkanes of at least 4 members (excludes halogenated alkanes) is 3. The second-order valence-corrected chi connectivity index (χ2v) is 27.9. The maximum atomic E-state index is 12.9. The van der Waals surface area contributed by atoms with Crippen LogP contribution in [0.1, 0.15) is 168 Å². The van der Waals surface area contributed by atoms with Gasteiger partial charge in [0.05, 0.1) is 38.5 Å². The molecule has 1 saturated heterocycles. The summed E-state index contributed by atoms with van der Waals surface area (Å²) in [6, 6.07) is 12.5. The van der Waals surface area contributed by atoms with Crippen LogP contribution in [0.15, 0.2) is 110 Å². The van der Waals surface area contributed by atoms with E-state index in [1.807, 2.05) is 79.7 Å². The maximum Gasteiger partial charge on any atom is 0.333 e. The Labute approximate surface area is 499 Å². The molecule has 0 spiro atoms. The van der Waals surface area contributed by atoms with Gasteiger partial charge in [0.2, 0.25) is 5.69 Å². The fraction of sp³-hybridized carbons (Fsp3) is 0.516. The highest BCUT2D eigenvalue weighted by Gasteiger charge is 2.49. The first-order chi connectivity index (χ1) is 39.4. The van der Waals surface area contributed by atoms with Gasteiger partial charge >= 0.3 is 5.97 Å². The van der Waals surface area contributed by atoms with E-state index >= 15 is 0 Å². The number of carbonyl (C=O) groups is 3. The highest BCUT2D eigenvalue weighted by atomic mass is 32.2. The molecule has 22 heteroatoms. The van der Waals surface area contributed by atoms with Gasteiger partial charge in [-0.1, -0.05) is 25.8 Å². The summed E-state index contributed by atoms with van der Waals surface area (Å²) in [5.41, 5.74) is 6.19. The molecule has 1 fully saturated rings. The van der Waals surface area contributed by atoms with Gasteiger partial charge in [0.25, 0.3) is 32.1 Å². The molecule has 0 saturated carbocycles. The van der Waals surface area contributed by atoms with Crippen molar-refractivity contribution in [3.63, 3.8) is 0 Å². The Morgan fingerprint density at radius 3 is 2.02 bits per heavy atom. The summed E-state index contributed by atoms with van der Waals surface area (Å²) in [6.45, 7) is 24.0. The molecule has 0 bridgehead atoms. The van der Waals surface area contributed by atoms with E-state index in [1.165, 1.54) is 36.4 Å². The van der Waals surface area contributed by atoms with E-state index in [0.717, 1.165) is 76.4 Å². The van der Waals surface area contributed by atoms with Crippen LogP contribution in [0, 0.1) is 13.8 Å². The molecule has 2 atom stereocenters. The fourth-order valence-electron chi connectivity index (χ4n) is 11.4. The van der Waals surface area contributed by atoms with Gasteiger partial charge in [-0.2, -0.15) is 25.7 Å². The largest absolute Gasteiger partial charge is 0.691 e. The van der Waals surface area contributed by atoms with E-state index < -0.39 is 60.1 Å². The summed E-state index contributed by atoms with van der Waals surface area (Å²) in [5.74, 6) is -0.958. The van der Waals surface area contributed by atoms with Crippen molar-refractivity contribution in [3.8, 4) is 5.75 Å². The predicted octanol–water partition coefficient (Wildman–Crippen LogP) is 11.4. The number of nitrogens with zero attached hydrogens (tertiary/aromatic N) is 3. The number of fused-ring (bicyclic) bond motifs is 2. The van der Waals surface area contributed by atoms with Crippen molar-refractivity contribution in [3.05, 3.63) is 118 Å². The van der Waals surface area contributed by atoms with Gasteiger partial charge in [0.15, 0.2) is 5.71 Å². The second-order valence-electron chi connectivity index (χ2n) is 24.3. The Balaban J connectivity index is 1.37. The first-order valence-corrected chi connectivity index (χ1v) is 32.3. The van der Waals surface area contributed by atoms with Gasteiger partial charge in [0, 0.05) is 84.3 Å². The fourth-order valence-corrected chi connectivity index (χ4v) is 13.0. The summed E-state index contributed by atoms with van der Waals surface area (Å²) in [7, 11) is -9.17. The Kier molecular flexibility index (Phi) is 21.2. The van der Waals surface area contributed by atoms with Gasteiger partial charge in [-0.3, -0.25) is 23.7 Å². The molecule has 19 nitrogen and oxygen atoms in total. The van der Waals surface area contributed by atoms with Crippen molar-refractivity contribution in [2.45, 2.75) is 196 Å². The molecule has 458 valence electrons. The summed E-state index contributed by atoms with van der Waals surface area (Å²) >= 11 is 0.846. The van der Waals surface area contributed by atoms with Crippen LogP contribution in [0.4, 0.5) is 11.4 Å². The lowest BCUT2D eigenvalue weighted by Crippen LogP contribution is -2.34. The number of benzene rings is 3. The number of allylic oxidation sites excluding steroid dienone is 7. The number of rotatable bonds is 26. The Hall–Kier alpha value is -5.53. The molecule has 3 aromatic rings. The number of aryl methyl sites for hydroxylation is 2. The van der Waals surface area contributed by atoms with E-state index in [1.54, 1.807) is 6.92 Å². The molecular formula is C62H81N3O16S3. The molecule has 3 aliphatic heterocycles. The van der Waals surface area contributed by atoms with Crippen molar-refractivity contribution in [2.24, 2.45) is 0 Å². The number of hydrogen-bond donors (Lipinski definition) is 2. The minimum absolute atomic E-state index is 0.0128. The molecule has 1 aliphatic carbocycles. The van der Waals surface area contributed by atoms with Crippen LogP contribution in [0.25, 0.3) is 0 Å². The van der Waals surface area contributed by atoms with E-state index in [0.29, 0.717) is 97.2 Å². The summed E-state index contributed by atoms with van der Waals surface area (Å²) < 4.78 is 97.5. The number of imide groups is 1. The number of hydrogen-bond acceptors (Lipinski definition) is 16. The Morgan fingerprint density at radius 1 is 0.774 bits per heavy atom. The summed E-state index contributed by atoms with van der Waals surface area (Å²) in [6.07, 6.45) is 14.4. The SMILES string of the molecule is CCCC[N+]1=C(/C=C/C2=C(Oc3ccc(S(=O)(=O)O)cc3)C(=C/C=C3/N(CCCCCC(=O)ON4C(=O)CCC4=O)c4c(C)cc(S(=O)(=O)O)cc4C3(C)CCOC(C)(C)C)/CCC2)C(C)(CCOC(C)(C)C)c2cc(SOO[O-])cc(C)c21. The minimum atomic E-state index is -4.65. The van der Waals surface area contributed by atoms with Crippen LogP contribution in [0.2, 0.25) is 0 Å². The number of hydroxylamine groups is 2. The lowest BCUT2D eigenvalue weighted by Gasteiger charge is -2.32. The lowest BCUT2D eigenvalue weighted by atomic mass is 9.76. The number of amides is 2. The van der Waals surface area contributed by atoms with Crippen molar-refractivity contribution >= 4 is 67.1 Å². The predicted molar refractivity (Wildman–Crippen MR) is 316 cm³/mol. The average Bonchev–Trinajstić information content (AvgIpc) is 1.65. The van der Waals surface area contributed by atoms with Crippen LogP contribution in [-0.4, -0.2) is 96.6 Å². The van der Waals surface area contributed by atoms with Gasteiger partial charge in [-0.05, 0) is 197 Å². The van der Waals surface area contributed by atoms with Gasteiger partial charge in [-0.25, -0.2) is 4.79 Å². The summed E-state index contributed by atoms with van der Waals surface area (Å²) in [4.78, 5) is 44.5. The van der Waals surface area contributed by atoms with Crippen LogP contribution in [0.3, 0.4) is 0 Å². The third-order valence-electron chi connectivity index (χ3n) is 15.6. The van der Waals surface area contributed by atoms with E-state index in [9.17, 15) is 45.6 Å². The highest BCUT2D eigenvalue weighted by Crippen LogP contribution is 2.53. The molecule has 2 amide bonds. The third-order valence-corrected chi connectivity index (χ3v) is 17.9. The standard InChI is InChI=1S/C62H81N3O16S3/c1-12-13-33-63-51(61(10,31-35-76-59(4,5)6)49-39-46(82-81-80-69)37-41(2)56(49)63)27-21-43-18-17-19-44(58(43)78-45-23-25-47(26-24-45)83(70,71)72)22-28-52-62(11,32-36-77-60(7,8)9)50-40-48(84(73,74)75)38-42(3)57(50)64(52)34-16-14-15-20-55(68)79-65-53(66)29-30-54(65)67/h21-28,37-40H,12-20,29-36H2,1-11H3,(H2-,69,70,71,72,73,74,75). The van der Waals surface area contributed by atoms with Crippen LogP contribution in [0.5, 0.6) is 5.75 Å². The molecule has 2 unspecified atom stereocenters. The van der Waals surface area contributed by atoms with Gasteiger partial charge < -0.3 is 29.2 Å². The van der Waals surface area contributed by atoms with Gasteiger partial charge in [-0.15, -0.1) is 5.06 Å². The molecule has 2 N–H and O–H groups in total. The molecule has 84 heavy (non-hydrogen) atoms. The Bertz CT molecular complexity index is 3360. The van der Waals surface area contributed by atoms with E-state index in [-0.39, 0.29) is 35.7 Å². The quantitative estimate of drug-likeness (QED) is 0.0144. The monoisotopic (exact) mass is 1220 g/mol. The zero-order valence-corrected chi connectivity index (χ0v) is 52.6. The molecule has 3 heterocycles. The smallest absolute Gasteiger partial charge is 0.333 e. The van der Waals surface area contributed by atoms with E-state index in [2.05, 4.69) is 40.5 Å². The van der Waals surface area contributed by atoms with Crippen molar-refractivity contribution in [1.82, 2.24) is 5.06 Å². The number of carbonyl (C=O) groups excluding carboxylic acids is 3. The molecule has 7 rings (SSSR count). The van der Waals surface area contributed by atoms with Gasteiger partial charge in [0.1, 0.15) is 18.1 Å². The first kappa shape index (κ1) is 66.0. The molecular weight excluding hydrogens is 1140 g/mol. The molecule has 4 aliphatic rings. The van der Waals surface area contributed by atoms with Crippen molar-refractivity contribution < 1.29 is 78.6 Å².